The topological polar surface area (TPSA) is 131 Å². The smallest absolute Gasteiger partial charge is 0.326 e. The summed E-state index contributed by atoms with van der Waals surface area (Å²) < 4.78 is 12.0. The molecule has 10 nitrogen and oxygen atoms in total. The summed E-state index contributed by atoms with van der Waals surface area (Å²) in [6, 6.07) is 20.7. The van der Waals surface area contributed by atoms with Gasteiger partial charge < -0.3 is 24.8 Å². The van der Waals surface area contributed by atoms with Crippen LogP contribution in [0.2, 0.25) is 0 Å². The molecule has 1 aromatic heterocycles. The van der Waals surface area contributed by atoms with E-state index < -0.39 is 41.6 Å². The SMILES string of the molecule is CCCCCCCOc1ccc(-c2cnc(-c3ccc(CC(NC(=O)c4ccc(C(C)(C)C)cc4)C(=O)N4CC(OC(C)(C)C)CC4C(=O)O)cc3)nc2)cc1. The molecular weight excluding hydrogens is 705 g/mol. The van der Waals surface area contributed by atoms with Crippen LogP contribution in [-0.2, 0) is 26.2 Å². The van der Waals surface area contributed by atoms with Gasteiger partial charge >= 0.3 is 5.97 Å². The Kier molecular flexibility index (Phi) is 14.0. The summed E-state index contributed by atoms with van der Waals surface area (Å²) in [6.45, 7) is 15.0. The van der Waals surface area contributed by atoms with Gasteiger partial charge in [-0.25, -0.2) is 14.8 Å². The summed E-state index contributed by atoms with van der Waals surface area (Å²) in [4.78, 5) is 50.8. The zero-order valence-electron chi connectivity index (χ0n) is 34.0. The minimum atomic E-state index is -1.11. The zero-order chi connectivity index (χ0) is 40.5. The fraction of sp³-hybridized carbons (Fsp3) is 0.457. The fourth-order valence-corrected chi connectivity index (χ4v) is 6.91. The van der Waals surface area contributed by atoms with E-state index in [0.29, 0.717) is 18.0 Å². The van der Waals surface area contributed by atoms with E-state index in [1.54, 1.807) is 24.5 Å². The standard InChI is InChI=1S/C46H58N4O6/c1-8-9-10-11-12-25-55-37-23-19-32(20-24-37)35-28-47-41(48-29-35)33-15-13-31(14-16-33)26-39(49-42(51)34-17-21-36(22-18-34)45(2,3)4)43(52)50-30-38(56-46(5,6)7)27-40(50)44(53)54/h13-24,28-29,38-40H,8-12,25-27,30H2,1-7H3,(H,49,51)(H,53,54). The van der Waals surface area contributed by atoms with Crippen LogP contribution in [0.25, 0.3) is 22.5 Å². The highest BCUT2D eigenvalue weighted by Crippen LogP contribution is 2.28. The number of aromatic nitrogens is 2. The van der Waals surface area contributed by atoms with Crippen molar-refractivity contribution in [3.05, 3.63) is 102 Å². The van der Waals surface area contributed by atoms with Crippen molar-refractivity contribution >= 4 is 17.8 Å². The zero-order valence-corrected chi connectivity index (χ0v) is 34.0. The molecule has 4 aromatic rings. The molecule has 1 fully saturated rings. The first-order chi connectivity index (χ1) is 26.6. The van der Waals surface area contributed by atoms with Gasteiger partial charge in [0.15, 0.2) is 5.82 Å². The average molecular weight is 763 g/mol. The largest absolute Gasteiger partial charge is 0.494 e. The highest BCUT2D eigenvalue weighted by molar-refractivity contribution is 5.98. The van der Waals surface area contributed by atoms with Gasteiger partial charge in [0, 0.05) is 48.5 Å². The van der Waals surface area contributed by atoms with Crippen LogP contribution in [0.3, 0.4) is 0 Å². The first-order valence-electron chi connectivity index (χ1n) is 19.9. The number of ether oxygens (including phenoxy) is 2. The van der Waals surface area contributed by atoms with Gasteiger partial charge in [0.1, 0.15) is 17.8 Å². The number of aliphatic carboxylic acids is 1. The Hall–Kier alpha value is -5.09. The predicted octanol–water partition coefficient (Wildman–Crippen LogP) is 8.67. The number of carbonyl (C=O) groups excluding carboxylic acids is 2. The first kappa shape index (κ1) is 42.1. The Labute approximate surface area is 332 Å². The second kappa shape index (κ2) is 18.7. The van der Waals surface area contributed by atoms with Crippen molar-refractivity contribution in [1.82, 2.24) is 20.2 Å². The van der Waals surface area contributed by atoms with Crippen molar-refractivity contribution < 1.29 is 29.0 Å². The average Bonchev–Trinajstić information content (AvgIpc) is 3.59. The summed E-state index contributed by atoms with van der Waals surface area (Å²) in [5, 5.41) is 13.0. The molecule has 3 aromatic carbocycles. The van der Waals surface area contributed by atoms with Gasteiger partial charge in [-0.1, -0.05) is 102 Å². The highest BCUT2D eigenvalue weighted by Gasteiger charge is 2.43. The lowest BCUT2D eigenvalue weighted by Crippen LogP contribution is -2.52. The van der Waals surface area contributed by atoms with Crippen molar-refractivity contribution in [1.29, 1.82) is 0 Å². The molecule has 298 valence electrons. The number of rotatable bonds is 16. The third kappa shape index (κ3) is 11.7. The van der Waals surface area contributed by atoms with E-state index in [-0.39, 0.29) is 24.8 Å². The quantitative estimate of drug-likeness (QED) is 0.109. The number of carboxylic acid groups (broad SMARTS) is 1. The van der Waals surface area contributed by atoms with E-state index in [9.17, 15) is 19.5 Å². The number of nitrogens with zero attached hydrogens (tertiary/aromatic N) is 3. The number of carbonyl (C=O) groups is 3. The molecule has 1 aliphatic heterocycles. The molecule has 1 aliphatic rings. The Morgan fingerprint density at radius 3 is 2.04 bits per heavy atom. The number of hydrogen-bond acceptors (Lipinski definition) is 7. The van der Waals surface area contributed by atoms with Gasteiger partial charge in [-0.15, -0.1) is 0 Å². The Morgan fingerprint density at radius 2 is 1.45 bits per heavy atom. The number of carboxylic acids is 1. The van der Waals surface area contributed by atoms with Crippen LogP contribution in [0.4, 0.5) is 0 Å². The van der Waals surface area contributed by atoms with Crippen LogP contribution >= 0.6 is 0 Å². The van der Waals surface area contributed by atoms with Gasteiger partial charge in [-0.05, 0) is 73.6 Å². The number of nitrogens with one attached hydrogen (secondary N) is 1. The molecule has 3 unspecified atom stereocenters. The van der Waals surface area contributed by atoms with Crippen molar-refractivity contribution in [2.24, 2.45) is 0 Å². The van der Waals surface area contributed by atoms with E-state index in [4.69, 9.17) is 9.47 Å². The Bertz CT molecular complexity index is 1900. The third-order valence-corrected chi connectivity index (χ3v) is 9.98. The van der Waals surface area contributed by atoms with E-state index in [1.165, 1.54) is 30.6 Å². The molecule has 10 heteroatoms. The molecule has 5 rings (SSSR count). The monoisotopic (exact) mass is 762 g/mol. The molecular formula is C46H58N4O6. The summed E-state index contributed by atoms with van der Waals surface area (Å²) >= 11 is 0. The van der Waals surface area contributed by atoms with E-state index in [1.807, 2.05) is 81.4 Å². The lowest BCUT2D eigenvalue weighted by molar-refractivity contribution is -0.148. The lowest BCUT2D eigenvalue weighted by Gasteiger charge is -2.28. The van der Waals surface area contributed by atoms with E-state index >= 15 is 0 Å². The molecule has 0 aliphatic carbocycles. The number of amides is 2. The highest BCUT2D eigenvalue weighted by atomic mass is 16.5. The molecule has 1 saturated heterocycles. The van der Waals surface area contributed by atoms with Crippen LogP contribution in [0, 0.1) is 0 Å². The van der Waals surface area contributed by atoms with E-state index in [0.717, 1.165) is 40.0 Å². The molecule has 2 N–H and O–H groups in total. The lowest BCUT2D eigenvalue weighted by atomic mass is 9.86. The van der Waals surface area contributed by atoms with Crippen LogP contribution in [0.5, 0.6) is 5.75 Å². The van der Waals surface area contributed by atoms with Crippen molar-refractivity contribution in [2.75, 3.05) is 13.2 Å². The number of hydrogen-bond donors (Lipinski definition) is 2. The molecule has 2 amide bonds. The van der Waals surface area contributed by atoms with Gasteiger partial charge in [-0.2, -0.15) is 0 Å². The van der Waals surface area contributed by atoms with Crippen LogP contribution in [0.1, 0.15) is 108 Å². The van der Waals surface area contributed by atoms with Crippen LogP contribution < -0.4 is 10.1 Å². The Morgan fingerprint density at radius 1 is 0.821 bits per heavy atom. The van der Waals surface area contributed by atoms with Gasteiger partial charge in [-0.3, -0.25) is 9.59 Å². The molecule has 0 bridgehead atoms. The summed E-state index contributed by atoms with van der Waals surface area (Å²) in [5.74, 6) is -0.592. The summed E-state index contributed by atoms with van der Waals surface area (Å²) in [6.07, 6.45) is 9.45. The normalized spacial score (nSPS) is 16.4. The third-order valence-electron chi connectivity index (χ3n) is 9.98. The molecule has 0 saturated carbocycles. The molecule has 2 heterocycles. The van der Waals surface area contributed by atoms with Crippen molar-refractivity contribution in [2.45, 2.75) is 123 Å². The molecule has 0 radical (unpaired) electrons. The van der Waals surface area contributed by atoms with Crippen molar-refractivity contribution in [3.63, 3.8) is 0 Å². The maximum Gasteiger partial charge on any atom is 0.326 e. The second-order valence-corrected chi connectivity index (χ2v) is 16.8. The number of unbranched alkanes of at least 4 members (excludes halogenated alkanes) is 4. The maximum absolute atomic E-state index is 14.2. The van der Waals surface area contributed by atoms with Crippen LogP contribution in [-0.4, -0.2) is 74.7 Å². The number of likely N-dealkylation sites (tertiary alicyclic amines) is 1. The van der Waals surface area contributed by atoms with Gasteiger partial charge in [0.05, 0.1) is 18.3 Å². The molecule has 0 spiro atoms. The van der Waals surface area contributed by atoms with Gasteiger partial charge in [0.25, 0.3) is 5.91 Å². The number of benzene rings is 3. The molecule has 3 atom stereocenters. The first-order valence-corrected chi connectivity index (χ1v) is 19.9. The van der Waals surface area contributed by atoms with Gasteiger partial charge in [0.2, 0.25) is 5.91 Å². The van der Waals surface area contributed by atoms with E-state index in [2.05, 4.69) is 43.0 Å². The minimum Gasteiger partial charge on any atom is -0.494 e. The Balaban J connectivity index is 1.29. The van der Waals surface area contributed by atoms with Crippen LogP contribution in [0.15, 0.2) is 85.2 Å². The maximum atomic E-state index is 14.2. The van der Waals surface area contributed by atoms with Crippen molar-refractivity contribution in [3.8, 4) is 28.3 Å². The second-order valence-electron chi connectivity index (χ2n) is 16.8. The fourth-order valence-electron chi connectivity index (χ4n) is 6.91. The predicted molar refractivity (Wildman–Crippen MR) is 220 cm³/mol. The minimum absolute atomic E-state index is 0.0886. The summed E-state index contributed by atoms with van der Waals surface area (Å²) in [7, 11) is 0. The summed E-state index contributed by atoms with van der Waals surface area (Å²) in [5.41, 5.74) is 4.34. The molecule has 56 heavy (non-hydrogen) atoms.